The molecule has 0 aromatic carbocycles. The van der Waals surface area contributed by atoms with Gasteiger partial charge >= 0.3 is 5.69 Å². The molecule has 0 spiro atoms. The van der Waals surface area contributed by atoms with Gasteiger partial charge in [0.1, 0.15) is 5.15 Å². The molecule has 17 heavy (non-hydrogen) atoms. The lowest BCUT2D eigenvalue weighted by Gasteiger charge is -2.00. The van der Waals surface area contributed by atoms with Crippen LogP contribution < -0.4 is 5.73 Å². The molecule has 1 aromatic rings. The number of anilines is 1. The molecule has 0 aliphatic carbocycles. The van der Waals surface area contributed by atoms with Crippen LogP contribution in [0, 0.1) is 10.1 Å². The SMILES string of the molecule is [N-]=[N+]=NCC=Cc1cc([N+](=O)[O-])c(N)nc1Cl. The van der Waals surface area contributed by atoms with Crippen LogP contribution in [-0.2, 0) is 0 Å². The molecule has 0 fully saturated rings. The fraction of sp³-hybridized carbons (Fsp3) is 0.125. The van der Waals surface area contributed by atoms with E-state index in [2.05, 4.69) is 15.0 Å². The maximum atomic E-state index is 10.6. The highest BCUT2D eigenvalue weighted by Gasteiger charge is 2.15. The third-order valence-electron chi connectivity index (χ3n) is 1.76. The van der Waals surface area contributed by atoms with Crippen molar-refractivity contribution in [3.05, 3.63) is 43.4 Å². The van der Waals surface area contributed by atoms with Gasteiger partial charge in [-0.15, -0.1) is 0 Å². The Hall–Kier alpha value is -2.31. The van der Waals surface area contributed by atoms with Crippen LogP contribution in [0.1, 0.15) is 5.56 Å². The highest BCUT2D eigenvalue weighted by Crippen LogP contribution is 2.26. The first-order valence-corrected chi connectivity index (χ1v) is 4.72. The highest BCUT2D eigenvalue weighted by atomic mass is 35.5. The maximum absolute atomic E-state index is 10.6. The van der Waals surface area contributed by atoms with Gasteiger partial charge in [0, 0.05) is 23.1 Å². The standard InChI is InChI=1S/C8H7ClN6O2/c9-7-5(2-1-3-12-14-11)4-6(15(16)17)8(10)13-7/h1-2,4H,3H2,(H2,10,13). The number of nitrogen functional groups attached to an aromatic ring is 1. The Kier molecular flexibility index (Phi) is 4.27. The molecule has 0 atom stereocenters. The number of azide groups is 1. The summed E-state index contributed by atoms with van der Waals surface area (Å²) in [4.78, 5) is 16.2. The second kappa shape index (κ2) is 5.69. The molecule has 0 saturated carbocycles. The number of hydrogen-bond acceptors (Lipinski definition) is 5. The molecule has 88 valence electrons. The van der Waals surface area contributed by atoms with Crippen LogP contribution in [-0.4, -0.2) is 16.5 Å². The first-order valence-electron chi connectivity index (χ1n) is 4.34. The van der Waals surface area contributed by atoms with Crippen molar-refractivity contribution in [1.29, 1.82) is 0 Å². The molecule has 0 radical (unpaired) electrons. The Morgan fingerprint density at radius 1 is 1.76 bits per heavy atom. The summed E-state index contributed by atoms with van der Waals surface area (Å²) in [7, 11) is 0. The van der Waals surface area contributed by atoms with Gasteiger partial charge in [0.25, 0.3) is 0 Å². The predicted octanol–water partition coefficient (Wildman–Crippen LogP) is 2.55. The monoisotopic (exact) mass is 254 g/mol. The van der Waals surface area contributed by atoms with E-state index >= 15 is 0 Å². The van der Waals surface area contributed by atoms with E-state index in [4.69, 9.17) is 22.9 Å². The first-order chi connectivity index (χ1) is 8.06. The molecule has 0 unspecified atom stereocenters. The molecule has 0 amide bonds. The Balaban J connectivity index is 3.07. The summed E-state index contributed by atoms with van der Waals surface area (Å²) in [6.07, 6.45) is 2.97. The molecule has 0 saturated heterocycles. The van der Waals surface area contributed by atoms with Gasteiger partial charge in [0.05, 0.1) is 4.92 Å². The molecule has 9 heteroatoms. The van der Waals surface area contributed by atoms with Crippen molar-refractivity contribution < 1.29 is 4.92 Å². The van der Waals surface area contributed by atoms with Crippen LogP contribution in [0.25, 0.3) is 16.5 Å². The highest BCUT2D eigenvalue weighted by molar-refractivity contribution is 6.31. The average molecular weight is 255 g/mol. The Morgan fingerprint density at radius 3 is 3.06 bits per heavy atom. The predicted molar refractivity (Wildman–Crippen MR) is 63.4 cm³/mol. The molecule has 8 nitrogen and oxygen atoms in total. The van der Waals surface area contributed by atoms with Crippen molar-refractivity contribution in [3.63, 3.8) is 0 Å². The minimum atomic E-state index is -0.649. The van der Waals surface area contributed by atoms with Gasteiger partial charge in [0.15, 0.2) is 0 Å². The van der Waals surface area contributed by atoms with Gasteiger partial charge < -0.3 is 5.73 Å². The average Bonchev–Trinajstić information content (AvgIpc) is 2.26. The molecule has 1 aromatic heterocycles. The van der Waals surface area contributed by atoms with Crippen LogP contribution in [0.15, 0.2) is 17.3 Å². The zero-order chi connectivity index (χ0) is 12.8. The fourth-order valence-electron chi connectivity index (χ4n) is 1.03. The molecule has 2 N–H and O–H groups in total. The fourth-order valence-corrected chi connectivity index (χ4v) is 1.24. The number of pyridine rings is 1. The first kappa shape index (κ1) is 12.8. The van der Waals surface area contributed by atoms with Crippen molar-refractivity contribution in [2.24, 2.45) is 5.11 Å². The van der Waals surface area contributed by atoms with Crippen LogP contribution in [0.2, 0.25) is 5.15 Å². The van der Waals surface area contributed by atoms with E-state index in [0.29, 0.717) is 5.56 Å². The molecule has 0 bridgehead atoms. The summed E-state index contributed by atoms with van der Waals surface area (Å²) in [5, 5.41) is 13.9. The van der Waals surface area contributed by atoms with E-state index < -0.39 is 4.92 Å². The number of rotatable bonds is 4. The van der Waals surface area contributed by atoms with Gasteiger partial charge in [-0.3, -0.25) is 10.1 Å². The lowest BCUT2D eigenvalue weighted by Crippen LogP contribution is -1.99. The Bertz CT molecular complexity index is 523. The summed E-state index contributed by atoms with van der Waals surface area (Å²) in [5.74, 6) is -0.243. The number of hydrogen-bond donors (Lipinski definition) is 1. The minimum Gasteiger partial charge on any atom is -0.378 e. The topological polar surface area (TPSA) is 131 Å². The molecule has 0 aliphatic rings. The van der Waals surface area contributed by atoms with Gasteiger partial charge in [-0.2, -0.15) is 0 Å². The van der Waals surface area contributed by atoms with Crippen LogP contribution >= 0.6 is 11.6 Å². The van der Waals surface area contributed by atoms with Crippen LogP contribution in [0.3, 0.4) is 0 Å². The quantitative estimate of drug-likeness (QED) is 0.221. The summed E-state index contributed by atoms with van der Waals surface area (Å²) in [5.41, 5.74) is 13.4. The number of aromatic nitrogens is 1. The van der Waals surface area contributed by atoms with Gasteiger partial charge in [-0.25, -0.2) is 4.98 Å². The van der Waals surface area contributed by atoms with Crippen molar-refractivity contribution in [1.82, 2.24) is 4.98 Å². The summed E-state index contributed by atoms with van der Waals surface area (Å²) in [6.45, 7) is 0.116. The lowest BCUT2D eigenvalue weighted by molar-refractivity contribution is -0.384. The molecule has 1 heterocycles. The number of halogens is 1. The zero-order valence-electron chi connectivity index (χ0n) is 8.45. The van der Waals surface area contributed by atoms with E-state index in [9.17, 15) is 10.1 Å². The van der Waals surface area contributed by atoms with Crippen molar-refractivity contribution in [2.75, 3.05) is 12.3 Å². The third-order valence-corrected chi connectivity index (χ3v) is 2.06. The number of nitro groups is 1. The smallest absolute Gasteiger partial charge is 0.311 e. The van der Waals surface area contributed by atoms with E-state index in [1.54, 1.807) is 0 Å². The summed E-state index contributed by atoms with van der Waals surface area (Å²) < 4.78 is 0. The van der Waals surface area contributed by atoms with E-state index in [1.807, 2.05) is 0 Å². The third kappa shape index (κ3) is 3.33. The molecular weight excluding hydrogens is 248 g/mol. The molecular formula is C8H7ClN6O2. The Labute approximate surface area is 100 Å². The normalized spacial score (nSPS) is 10.2. The summed E-state index contributed by atoms with van der Waals surface area (Å²) >= 11 is 5.75. The van der Waals surface area contributed by atoms with Crippen molar-refractivity contribution in [2.45, 2.75) is 0 Å². The molecule has 0 aliphatic heterocycles. The second-order valence-electron chi connectivity index (χ2n) is 2.85. The van der Waals surface area contributed by atoms with E-state index in [-0.39, 0.29) is 23.2 Å². The number of nitrogens with zero attached hydrogens (tertiary/aromatic N) is 5. The molecule has 1 rings (SSSR count). The lowest BCUT2D eigenvalue weighted by atomic mass is 10.2. The summed E-state index contributed by atoms with van der Waals surface area (Å²) in [6, 6.07) is 1.21. The van der Waals surface area contributed by atoms with E-state index in [0.717, 1.165) is 0 Å². The minimum absolute atomic E-state index is 0.0466. The van der Waals surface area contributed by atoms with Gasteiger partial charge in [0.2, 0.25) is 5.82 Å². The largest absolute Gasteiger partial charge is 0.378 e. The van der Waals surface area contributed by atoms with Crippen molar-refractivity contribution in [3.8, 4) is 0 Å². The Morgan fingerprint density at radius 2 is 2.47 bits per heavy atom. The number of nitrogens with two attached hydrogens (primary N) is 1. The second-order valence-corrected chi connectivity index (χ2v) is 3.20. The maximum Gasteiger partial charge on any atom is 0.311 e. The van der Waals surface area contributed by atoms with Gasteiger partial charge in [-0.05, 0) is 5.53 Å². The van der Waals surface area contributed by atoms with Gasteiger partial charge in [-0.1, -0.05) is 28.9 Å². The zero-order valence-corrected chi connectivity index (χ0v) is 9.20. The van der Waals surface area contributed by atoms with E-state index in [1.165, 1.54) is 18.2 Å². The van der Waals surface area contributed by atoms with Crippen molar-refractivity contribution >= 4 is 29.2 Å². The van der Waals surface area contributed by atoms with Crippen LogP contribution in [0.5, 0.6) is 0 Å². The van der Waals surface area contributed by atoms with Crippen LogP contribution in [0.4, 0.5) is 11.5 Å².